The second-order valence-electron chi connectivity index (χ2n) is 6.80. The van der Waals surface area contributed by atoms with E-state index in [9.17, 15) is 18.9 Å². The largest absolute Gasteiger partial charge is 0.506 e. The molecule has 158 valence electrons. The third kappa shape index (κ3) is 5.55. The highest BCUT2D eigenvalue weighted by Crippen LogP contribution is 2.36. The Morgan fingerprint density at radius 1 is 1.17 bits per heavy atom. The van der Waals surface area contributed by atoms with Crippen LogP contribution in [-0.2, 0) is 17.5 Å². The Bertz CT molecular complexity index is 1130. The van der Waals surface area contributed by atoms with E-state index in [1.807, 2.05) is 0 Å². The number of pyridine rings is 1. The van der Waals surface area contributed by atoms with Crippen molar-refractivity contribution < 1.29 is 28.6 Å². The minimum atomic E-state index is -4.14. The summed E-state index contributed by atoms with van der Waals surface area (Å²) in [5.41, 5.74) is 1.03. The molecule has 3 rings (SSSR count). The van der Waals surface area contributed by atoms with E-state index >= 15 is 0 Å². The molecule has 0 fully saturated rings. The van der Waals surface area contributed by atoms with E-state index in [0.29, 0.717) is 10.6 Å². The third-order valence-corrected chi connectivity index (χ3v) is 5.63. The van der Waals surface area contributed by atoms with Gasteiger partial charge in [-0.05, 0) is 48.2 Å². The summed E-state index contributed by atoms with van der Waals surface area (Å²) in [6.07, 6.45) is 1.12. The van der Waals surface area contributed by atoms with Crippen LogP contribution in [0.2, 0.25) is 5.02 Å². The number of nitrogens with zero attached hydrogens (tertiary/aromatic N) is 1. The maximum Gasteiger partial charge on any atom is 0.325 e. The Hall–Kier alpha value is -2.51. The molecule has 10 heteroatoms. The number of nitrogens with one attached hydrogen (secondary N) is 1. The van der Waals surface area contributed by atoms with Crippen LogP contribution in [0.3, 0.4) is 0 Å². The van der Waals surface area contributed by atoms with Crippen molar-refractivity contribution in [1.29, 1.82) is 0 Å². The monoisotopic (exact) mass is 452 g/mol. The minimum absolute atomic E-state index is 0.0559. The zero-order valence-corrected chi connectivity index (χ0v) is 17.3. The molecule has 2 aromatic carbocycles. The average molecular weight is 453 g/mol. The highest BCUT2D eigenvalue weighted by Gasteiger charge is 2.18. The molecule has 0 bridgehead atoms. The van der Waals surface area contributed by atoms with Crippen molar-refractivity contribution in [1.82, 2.24) is 10.3 Å². The quantitative estimate of drug-likeness (QED) is 0.405. The van der Waals surface area contributed by atoms with Crippen LogP contribution in [0, 0.1) is 5.82 Å². The summed E-state index contributed by atoms with van der Waals surface area (Å²) in [7, 11) is -4.14. The molecule has 1 aromatic heterocycles. The second kappa shape index (κ2) is 9.10. The molecule has 0 radical (unpaired) electrons. The normalized spacial score (nSPS) is 11.6. The molecule has 1 heterocycles. The predicted octanol–water partition coefficient (Wildman–Crippen LogP) is 3.77. The summed E-state index contributed by atoms with van der Waals surface area (Å²) in [6, 6.07) is 9.55. The highest BCUT2D eigenvalue weighted by atomic mass is 35.5. The number of amides is 1. The first kappa shape index (κ1) is 22.2. The van der Waals surface area contributed by atoms with Gasteiger partial charge in [0.25, 0.3) is 5.91 Å². The molecule has 1 amide bonds. The van der Waals surface area contributed by atoms with E-state index in [2.05, 4.69) is 10.3 Å². The van der Waals surface area contributed by atoms with E-state index < -0.39 is 25.1 Å². The van der Waals surface area contributed by atoms with E-state index in [4.69, 9.17) is 21.4 Å². The van der Waals surface area contributed by atoms with Gasteiger partial charge in [-0.25, -0.2) is 4.39 Å². The smallest absolute Gasteiger partial charge is 0.325 e. The lowest BCUT2D eigenvalue weighted by Gasteiger charge is -2.11. The number of aromatic hydroxyl groups is 1. The molecule has 0 aliphatic rings. The van der Waals surface area contributed by atoms with Crippen molar-refractivity contribution in [2.75, 3.05) is 6.16 Å². The molecule has 0 aliphatic carbocycles. The van der Waals surface area contributed by atoms with Crippen molar-refractivity contribution in [3.8, 4) is 5.75 Å². The maximum atomic E-state index is 14.4. The molecule has 0 aliphatic heterocycles. The zero-order valence-electron chi connectivity index (χ0n) is 15.7. The predicted molar refractivity (Wildman–Crippen MR) is 111 cm³/mol. The van der Waals surface area contributed by atoms with Gasteiger partial charge in [-0.2, -0.15) is 0 Å². The molecule has 0 spiro atoms. The van der Waals surface area contributed by atoms with Crippen LogP contribution in [0.4, 0.5) is 4.39 Å². The number of halogens is 2. The lowest BCUT2D eigenvalue weighted by Crippen LogP contribution is -2.23. The summed E-state index contributed by atoms with van der Waals surface area (Å²) in [5.74, 6) is -1.68. The van der Waals surface area contributed by atoms with E-state index in [0.717, 1.165) is 11.8 Å². The molecule has 0 unspecified atom stereocenters. The zero-order chi connectivity index (χ0) is 21.9. The van der Waals surface area contributed by atoms with Crippen LogP contribution < -0.4 is 5.32 Å². The number of rotatable bonds is 7. The van der Waals surface area contributed by atoms with Crippen molar-refractivity contribution in [2.24, 2.45) is 0 Å². The molecule has 7 nitrogen and oxygen atoms in total. The fourth-order valence-corrected chi connectivity index (χ4v) is 3.68. The Morgan fingerprint density at radius 3 is 2.53 bits per heavy atom. The van der Waals surface area contributed by atoms with Crippen molar-refractivity contribution in [3.63, 3.8) is 0 Å². The molecule has 0 saturated carbocycles. The van der Waals surface area contributed by atoms with Crippen LogP contribution in [0.15, 0.2) is 42.6 Å². The summed E-state index contributed by atoms with van der Waals surface area (Å²) in [5, 5.41) is 13.8. The topological polar surface area (TPSA) is 120 Å². The van der Waals surface area contributed by atoms with Gasteiger partial charge in [0.1, 0.15) is 22.6 Å². The van der Waals surface area contributed by atoms with Gasteiger partial charge >= 0.3 is 7.60 Å². The maximum absolute atomic E-state index is 14.4. The van der Waals surface area contributed by atoms with Crippen molar-refractivity contribution in [3.05, 3.63) is 70.1 Å². The van der Waals surface area contributed by atoms with E-state index in [1.165, 1.54) is 12.1 Å². The Kier molecular flexibility index (Phi) is 6.73. The van der Waals surface area contributed by atoms with Gasteiger partial charge in [-0.3, -0.25) is 14.3 Å². The summed E-state index contributed by atoms with van der Waals surface area (Å²) < 4.78 is 25.4. The Labute approximate surface area is 176 Å². The summed E-state index contributed by atoms with van der Waals surface area (Å²) in [4.78, 5) is 34.3. The van der Waals surface area contributed by atoms with E-state index in [-0.39, 0.29) is 42.0 Å². The third-order valence-electron chi connectivity index (χ3n) is 4.48. The first-order chi connectivity index (χ1) is 14.1. The van der Waals surface area contributed by atoms with Gasteiger partial charge in [0, 0.05) is 23.2 Å². The van der Waals surface area contributed by atoms with Crippen LogP contribution >= 0.6 is 19.2 Å². The molecular formula is C20H19ClFN2O5P. The lowest BCUT2D eigenvalue weighted by atomic mass is 10.0. The van der Waals surface area contributed by atoms with Gasteiger partial charge in [0.2, 0.25) is 0 Å². The van der Waals surface area contributed by atoms with Crippen LogP contribution in [0.5, 0.6) is 5.75 Å². The van der Waals surface area contributed by atoms with E-state index in [1.54, 1.807) is 24.3 Å². The van der Waals surface area contributed by atoms with Crippen LogP contribution in [-0.4, -0.2) is 31.9 Å². The number of fused-ring (bicyclic) bond motifs is 1. The van der Waals surface area contributed by atoms with Crippen LogP contribution in [0.25, 0.3) is 10.9 Å². The molecule has 4 N–H and O–H groups in total. The lowest BCUT2D eigenvalue weighted by molar-refractivity contribution is 0.0948. The average Bonchev–Trinajstić information content (AvgIpc) is 2.67. The highest BCUT2D eigenvalue weighted by molar-refractivity contribution is 7.51. The number of hydrogen-bond acceptors (Lipinski definition) is 4. The number of benzene rings is 2. The molecular weight excluding hydrogens is 434 g/mol. The molecule has 0 atom stereocenters. The van der Waals surface area contributed by atoms with Crippen LogP contribution in [0.1, 0.15) is 27.9 Å². The van der Waals surface area contributed by atoms with Gasteiger partial charge in [-0.1, -0.05) is 23.7 Å². The molecule has 30 heavy (non-hydrogen) atoms. The van der Waals surface area contributed by atoms with Gasteiger partial charge in [-0.15, -0.1) is 0 Å². The molecule has 0 saturated heterocycles. The first-order valence-electron chi connectivity index (χ1n) is 9.01. The van der Waals surface area contributed by atoms with Gasteiger partial charge < -0.3 is 20.2 Å². The fraction of sp³-hybridized carbons (Fsp3) is 0.200. The SMILES string of the molecule is O=C(NCc1ccc(Cl)cc1)c1cnc2c(F)cc(CCCP(=O)(O)O)cc2c1O. The first-order valence-corrected chi connectivity index (χ1v) is 11.2. The second-order valence-corrected chi connectivity index (χ2v) is 9.01. The summed E-state index contributed by atoms with van der Waals surface area (Å²) >= 11 is 5.83. The molecule has 3 aromatic rings. The van der Waals surface area contributed by atoms with Crippen molar-refractivity contribution >= 4 is 36.0 Å². The standard InChI is InChI=1S/C20H19ClFN2O5P/c21-14-5-3-12(4-6-14)10-24-20(26)16-11-23-18-15(19(16)25)8-13(9-17(18)22)2-1-7-30(27,28)29/h3-6,8-9,11H,1-2,7,10H2,(H,23,25)(H,24,26)(H2,27,28,29). The number of aromatic nitrogens is 1. The number of aryl methyl sites for hydroxylation is 1. The van der Waals surface area contributed by atoms with Crippen molar-refractivity contribution in [2.45, 2.75) is 19.4 Å². The van der Waals surface area contributed by atoms with Gasteiger partial charge in [0.05, 0.1) is 6.16 Å². The van der Waals surface area contributed by atoms with Gasteiger partial charge in [0.15, 0.2) is 0 Å². The number of carbonyl (C=O) groups excluding carboxylic acids is 1. The number of hydrogen-bond donors (Lipinski definition) is 4. The minimum Gasteiger partial charge on any atom is -0.506 e. The number of carbonyl (C=O) groups is 1. The fourth-order valence-electron chi connectivity index (χ4n) is 2.98. The Morgan fingerprint density at radius 2 is 1.87 bits per heavy atom. The Balaban J connectivity index is 1.81. The summed E-state index contributed by atoms with van der Waals surface area (Å²) in [6.45, 7) is 0.199.